The van der Waals surface area contributed by atoms with E-state index in [1.807, 2.05) is 0 Å². The van der Waals surface area contributed by atoms with Crippen molar-refractivity contribution in [3.8, 4) is 0 Å². The SMILES string of the molecule is CCCCCCCCC1CC(C)CCC1CNC1CC1. The van der Waals surface area contributed by atoms with Crippen LogP contribution in [0.3, 0.4) is 0 Å². The summed E-state index contributed by atoms with van der Waals surface area (Å²) in [6.07, 6.45) is 17.6. The van der Waals surface area contributed by atoms with Gasteiger partial charge in [-0.2, -0.15) is 0 Å². The molecule has 118 valence electrons. The highest BCUT2D eigenvalue weighted by atomic mass is 14.9. The molecule has 0 radical (unpaired) electrons. The molecular weight excluding hydrogens is 242 g/mol. The number of nitrogens with one attached hydrogen (secondary N) is 1. The first-order valence-electron chi connectivity index (χ1n) is 9.53. The number of unbranched alkanes of at least 4 members (excludes halogenated alkanes) is 5. The molecular formula is C19H37N. The van der Waals surface area contributed by atoms with Gasteiger partial charge >= 0.3 is 0 Å². The second kappa shape index (κ2) is 9.07. The van der Waals surface area contributed by atoms with Crippen molar-refractivity contribution in [1.29, 1.82) is 0 Å². The van der Waals surface area contributed by atoms with Gasteiger partial charge < -0.3 is 5.32 Å². The molecule has 1 heteroatoms. The second-order valence-electron chi connectivity index (χ2n) is 7.68. The molecule has 0 amide bonds. The molecule has 3 atom stereocenters. The van der Waals surface area contributed by atoms with E-state index in [1.165, 1.54) is 83.6 Å². The Bertz CT molecular complexity index is 246. The number of hydrogen-bond donors (Lipinski definition) is 1. The molecule has 0 aromatic rings. The first-order chi connectivity index (χ1) is 9.79. The zero-order chi connectivity index (χ0) is 14.2. The highest BCUT2D eigenvalue weighted by Crippen LogP contribution is 2.37. The van der Waals surface area contributed by atoms with Crippen molar-refractivity contribution in [2.75, 3.05) is 6.54 Å². The number of rotatable bonds is 10. The lowest BCUT2D eigenvalue weighted by molar-refractivity contribution is 0.171. The van der Waals surface area contributed by atoms with Gasteiger partial charge in [0.2, 0.25) is 0 Å². The average molecular weight is 280 g/mol. The maximum atomic E-state index is 3.79. The molecule has 2 aliphatic rings. The predicted molar refractivity (Wildman–Crippen MR) is 89.0 cm³/mol. The number of hydrogen-bond acceptors (Lipinski definition) is 1. The van der Waals surface area contributed by atoms with E-state index in [-0.39, 0.29) is 0 Å². The van der Waals surface area contributed by atoms with Crippen LogP contribution in [0.5, 0.6) is 0 Å². The summed E-state index contributed by atoms with van der Waals surface area (Å²) >= 11 is 0. The molecule has 1 nitrogen and oxygen atoms in total. The molecule has 20 heavy (non-hydrogen) atoms. The summed E-state index contributed by atoms with van der Waals surface area (Å²) < 4.78 is 0. The largest absolute Gasteiger partial charge is 0.314 e. The van der Waals surface area contributed by atoms with Crippen LogP contribution in [0.2, 0.25) is 0 Å². The van der Waals surface area contributed by atoms with Crippen molar-refractivity contribution < 1.29 is 0 Å². The van der Waals surface area contributed by atoms with E-state index in [2.05, 4.69) is 19.2 Å². The van der Waals surface area contributed by atoms with Gasteiger partial charge in [-0.05, 0) is 50.0 Å². The molecule has 2 fully saturated rings. The quantitative estimate of drug-likeness (QED) is 0.518. The summed E-state index contributed by atoms with van der Waals surface area (Å²) in [5, 5.41) is 3.79. The van der Waals surface area contributed by atoms with Crippen LogP contribution >= 0.6 is 0 Å². The summed E-state index contributed by atoms with van der Waals surface area (Å²) in [5.74, 6) is 3.00. The van der Waals surface area contributed by atoms with Crippen molar-refractivity contribution in [1.82, 2.24) is 5.32 Å². The molecule has 0 aliphatic heterocycles. The van der Waals surface area contributed by atoms with Gasteiger partial charge in [0.25, 0.3) is 0 Å². The standard InChI is InChI=1S/C19H37N/c1-3-4-5-6-7-8-9-17-14-16(2)10-11-18(17)15-20-19-12-13-19/h16-20H,3-15H2,1-2H3. The maximum Gasteiger partial charge on any atom is 0.00683 e. The van der Waals surface area contributed by atoms with Gasteiger partial charge in [0.05, 0.1) is 0 Å². The highest BCUT2D eigenvalue weighted by molar-refractivity contribution is 4.85. The minimum absolute atomic E-state index is 0.893. The van der Waals surface area contributed by atoms with E-state index in [0.29, 0.717) is 0 Å². The molecule has 1 N–H and O–H groups in total. The van der Waals surface area contributed by atoms with E-state index in [0.717, 1.165) is 23.8 Å². The lowest BCUT2D eigenvalue weighted by Crippen LogP contribution is -2.33. The third kappa shape index (κ3) is 6.16. The van der Waals surface area contributed by atoms with Crippen LogP contribution < -0.4 is 5.32 Å². The fraction of sp³-hybridized carbons (Fsp3) is 1.00. The summed E-state index contributed by atoms with van der Waals surface area (Å²) in [4.78, 5) is 0. The smallest absolute Gasteiger partial charge is 0.00683 e. The van der Waals surface area contributed by atoms with Crippen LogP contribution in [0.25, 0.3) is 0 Å². The Morgan fingerprint density at radius 2 is 1.60 bits per heavy atom. The highest BCUT2D eigenvalue weighted by Gasteiger charge is 2.30. The molecule has 2 aliphatic carbocycles. The van der Waals surface area contributed by atoms with Crippen molar-refractivity contribution in [3.63, 3.8) is 0 Å². The summed E-state index contributed by atoms with van der Waals surface area (Å²) in [7, 11) is 0. The first kappa shape index (κ1) is 16.3. The molecule has 0 bridgehead atoms. The van der Waals surface area contributed by atoms with Gasteiger partial charge in [0.1, 0.15) is 0 Å². The minimum atomic E-state index is 0.893. The van der Waals surface area contributed by atoms with Gasteiger partial charge in [0, 0.05) is 6.04 Å². The Morgan fingerprint density at radius 3 is 2.35 bits per heavy atom. The zero-order valence-corrected chi connectivity index (χ0v) is 14.0. The topological polar surface area (TPSA) is 12.0 Å². The Hall–Kier alpha value is -0.0400. The van der Waals surface area contributed by atoms with E-state index in [9.17, 15) is 0 Å². The predicted octanol–water partition coefficient (Wildman–Crippen LogP) is 5.54. The van der Waals surface area contributed by atoms with Gasteiger partial charge in [-0.1, -0.05) is 65.2 Å². The van der Waals surface area contributed by atoms with Crippen molar-refractivity contribution in [2.45, 2.75) is 96.9 Å². The van der Waals surface area contributed by atoms with Crippen LogP contribution in [0, 0.1) is 17.8 Å². The normalized spacial score (nSPS) is 30.6. The molecule has 0 spiro atoms. The van der Waals surface area contributed by atoms with Crippen molar-refractivity contribution in [3.05, 3.63) is 0 Å². The Labute approximate surface area is 127 Å². The van der Waals surface area contributed by atoms with E-state index < -0.39 is 0 Å². The lowest BCUT2D eigenvalue weighted by Gasteiger charge is -2.35. The van der Waals surface area contributed by atoms with Crippen molar-refractivity contribution >= 4 is 0 Å². The first-order valence-corrected chi connectivity index (χ1v) is 9.53. The van der Waals surface area contributed by atoms with Crippen molar-refractivity contribution in [2.24, 2.45) is 17.8 Å². The zero-order valence-electron chi connectivity index (χ0n) is 14.0. The van der Waals surface area contributed by atoms with Gasteiger partial charge in [-0.15, -0.1) is 0 Å². The minimum Gasteiger partial charge on any atom is -0.314 e. The van der Waals surface area contributed by atoms with Crippen LogP contribution in [-0.2, 0) is 0 Å². The summed E-state index contributed by atoms with van der Waals surface area (Å²) in [5.41, 5.74) is 0. The summed E-state index contributed by atoms with van der Waals surface area (Å²) in [6.45, 7) is 6.09. The average Bonchev–Trinajstić information content (AvgIpc) is 3.26. The van der Waals surface area contributed by atoms with Crippen LogP contribution in [-0.4, -0.2) is 12.6 Å². The van der Waals surface area contributed by atoms with Gasteiger partial charge in [-0.3, -0.25) is 0 Å². The third-order valence-corrected chi connectivity index (χ3v) is 5.58. The molecule has 0 heterocycles. The Balaban J connectivity index is 1.61. The van der Waals surface area contributed by atoms with E-state index in [1.54, 1.807) is 0 Å². The Morgan fingerprint density at radius 1 is 0.850 bits per heavy atom. The maximum absolute atomic E-state index is 3.79. The van der Waals surface area contributed by atoms with E-state index in [4.69, 9.17) is 0 Å². The molecule has 0 aromatic carbocycles. The van der Waals surface area contributed by atoms with Crippen LogP contribution in [0.15, 0.2) is 0 Å². The van der Waals surface area contributed by atoms with E-state index >= 15 is 0 Å². The third-order valence-electron chi connectivity index (χ3n) is 5.58. The fourth-order valence-electron chi connectivity index (χ4n) is 3.98. The second-order valence-corrected chi connectivity index (χ2v) is 7.68. The van der Waals surface area contributed by atoms with Gasteiger partial charge in [0.15, 0.2) is 0 Å². The van der Waals surface area contributed by atoms with Gasteiger partial charge in [-0.25, -0.2) is 0 Å². The molecule has 2 saturated carbocycles. The van der Waals surface area contributed by atoms with Crippen LogP contribution in [0.1, 0.15) is 90.9 Å². The molecule has 3 unspecified atom stereocenters. The fourth-order valence-corrected chi connectivity index (χ4v) is 3.98. The Kier molecular flexibility index (Phi) is 7.41. The molecule has 0 saturated heterocycles. The lowest BCUT2D eigenvalue weighted by atomic mass is 9.72. The summed E-state index contributed by atoms with van der Waals surface area (Å²) in [6, 6.07) is 0.893. The monoisotopic (exact) mass is 279 g/mol. The van der Waals surface area contributed by atoms with Crippen LogP contribution in [0.4, 0.5) is 0 Å². The molecule has 2 rings (SSSR count). The molecule has 0 aromatic heterocycles.